The molecule has 4 N–H and O–H groups in total. The second kappa shape index (κ2) is 8.59. The molecule has 1 fully saturated rings. The number of hydrogen-bond donors (Lipinski definition) is 3. The normalized spacial score (nSPS) is 14.4. The van der Waals surface area contributed by atoms with Gasteiger partial charge in [-0.05, 0) is 43.7 Å². The third-order valence-electron chi connectivity index (χ3n) is 5.86. The summed E-state index contributed by atoms with van der Waals surface area (Å²) in [6.07, 6.45) is 2.33. The Kier molecular flexibility index (Phi) is 5.47. The lowest BCUT2D eigenvalue weighted by atomic mass is 10.1. The Bertz CT molecular complexity index is 1340. The Balaban J connectivity index is 1.47. The number of nitrogen functional groups attached to an aromatic ring is 1. The molecular formula is C24H24FN7O. The van der Waals surface area contributed by atoms with Crippen molar-refractivity contribution in [1.82, 2.24) is 30.2 Å². The van der Waals surface area contributed by atoms with E-state index in [1.165, 1.54) is 18.3 Å². The Morgan fingerprint density at radius 3 is 2.85 bits per heavy atom. The molecule has 0 radical (unpaired) electrons. The fraction of sp³-hybridized carbons (Fsp3) is 0.250. The van der Waals surface area contributed by atoms with Crippen molar-refractivity contribution in [3.63, 3.8) is 0 Å². The van der Waals surface area contributed by atoms with E-state index in [0.29, 0.717) is 42.4 Å². The minimum absolute atomic E-state index is 0.0528. The van der Waals surface area contributed by atoms with Gasteiger partial charge in [-0.2, -0.15) is 0 Å². The summed E-state index contributed by atoms with van der Waals surface area (Å²) in [6, 6.07) is 10.4. The van der Waals surface area contributed by atoms with Gasteiger partial charge in [-0.3, -0.25) is 4.79 Å². The molecule has 0 unspecified atom stereocenters. The second-order valence-corrected chi connectivity index (χ2v) is 8.14. The number of nitrogens with two attached hydrogens (primary N) is 1. The second-order valence-electron chi connectivity index (χ2n) is 8.14. The summed E-state index contributed by atoms with van der Waals surface area (Å²) < 4.78 is 15.0. The van der Waals surface area contributed by atoms with Gasteiger partial charge in [0, 0.05) is 25.2 Å². The molecule has 1 amide bonds. The number of carbonyl (C=O) groups is 1. The SMILES string of the molecule is Cc1cccc2[nH]c(-c3nc(-c4ccc(C(=O)N5CCCNCC5)c(F)c4)cnc3N)nc12. The molecule has 1 aliphatic rings. The van der Waals surface area contributed by atoms with Crippen molar-refractivity contribution in [1.29, 1.82) is 0 Å². The number of fused-ring (bicyclic) bond motifs is 1. The number of aromatic nitrogens is 4. The van der Waals surface area contributed by atoms with E-state index < -0.39 is 5.82 Å². The summed E-state index contributed by atoms with van der Waals surface area (Å²) in [6.45, 7) is 4.71. The van der Waals surface area contributed by atoms with Crippen LogP contribution in [0.1, 0.15) is 22.3 Å². The van der Waals surface area contributed by atoms with Crippen molar-refractivity contribution >= 4 is 22.8 Å². The Hall–Kier alpha value is -3.85. The van der Waals surface area contributed by atoms with Crippen LogP contribution in [0.15, 0.2) is 42.6 Å². The van der Waals surface area contributed by atoms with E-state index in [4.69, 9.17) is 5.73 Å². The van der Waals surface area contributed by atoms with Crippen molar-refractivity contribution in [3.8, 4) is 22.8 Å². The predicted molar refractivity (Wildman–Crippen MR) is 125 cm³/mol. The highest BCUT2D eigenvalue weighted by molar-refractivity contribution is 5.95. The third kappa shape index (κ3) is 4.03. The lowest BCUT2D eigenvalue weighted by Crippen LogP contribution is -2.34. The zero-order valence-electron chi connectivity index (χ0n) is 18.2. The highest BCUT2D eigenvalue weighted by Gasteiger charge is 2.21. The molecule has 0 atom stereocenters. The number of benzene rings is 2. The molecule has 0 bridgehead atoms. The Morgan fingerprint density at radius 2 is 2.03 bits per heavy atom. The zero-order valence-corrected chi connectivity index (χ0v) is 18.2. The minimum Gasteiger partial charge on any atom is -0.382 e. The fourth-order valence-corrected chi connectivity index (χ4v) is 4.07. The summed E-state index contributed by atoms with van der Waals surface area (Å²) in [5.74, 6) is -0.176. The number of carbonyl (C=O) groups excluding carboxylic acids is 1. The molecule has 3 heterocycles. The first-order valence-corrected chi connectivity index (χ1v) is 10.9. The first-order valence-electron chi connectivity index (χ1n) is 10.9. The van der Waals surface area contributed by atoms with Gasteiger partial charge in [0.1, 0.15) is 11.5 Å². The van der Waals surface area contributed by atoms with Crippen LogP contribution in [0.25, 0.3) is 33.8 Å². The molecule has 0 saturated carbocycles. The summed E-state index contributed by atoms with van der Waals surface area (Å²) in [7, 11) is 0. The Labute approximate surface area is 190 Å². The van der Waals surface area contributed by atoms with Gasteiger partial charge in [-0.15, -0.1) is 0 Å². The standard InChI is InChI=1S/C24H24FN7O/c1-14-4-2-5-18-20(14)31-23(30-18)21-22(26)28-13-19(29-21)15-6-7-16(17(25)12-15)24(33)32-10-3-8-27-9-11-32/h2,4-7,12-13,27H,3,8-11H2,1H3,(H2,26,28)(H,30,31). The van der Waals surface area contributed by atoms with Crippen LogP contribution in [0.2, 0.25) is 0 Å². The topological polar surface area (TPSA) is 113 Å². The predicted octanol–water partition coefficient (Wildman–Crippen LogP) is 3.15. The van der Waals surface area contributed by atoms with Crippen LogP contribution in [0, 0.1) is 12.7 Å². The average Bonchev–Trinajstić information content (AvgIpc) is 3.06. The molecule has 33 heavy (non-hydrogen) atoms. The number of hydrogen-bond acceptors (Lipinski definition) is 6. The van der Waals surface area contributed by atoms with Crippen molar-refractivity contribution in [3.05, 3.63) is 59.5 Å². The van der Waals surface area contributed by atoms with Crippen molar-refractivity contribution in [2.45, 2.75) is 13.3 Å². The van der Waals surface area contributed by atoms with Crippen LogP contribution in [-0.4, -0.2) is 56.9 Å². The number of para-hydroxylation sites is 1. The number of rotatable bonds is 3. The highest BCUT2D eigenvalue weighted by atomic mass is 19.1. The first kappa shape index (κ1) is 21.0. The van der Waals surface area contributed by atoms with E-state index in [9.17, 15) is 9.18 Å². The maximum atomic E-state index is 15.0. The van der Waals surface area contributed by atoms with Gasteiger partial charge in [0.25, 0.3) is 5.91 Å². The number of H-pyrrole nitrogens is 1. The minimum atomic E-state index is -0.589. The van der Waals surface area contributed by atoms with Crippen LogP contribution in [0.4, 0.5) is 10.2 Å². The van der Waals surface area contributed by atoms with Crippen LogP contribution in [0.3, 0.4) is 0 Å². The summed E-state index contributed by atoms with van der Waals surface area (Å²) in [5.41, 5.74) is 10.2. The maximum absolute atomic E-state index is 15.0. The smallest absolute Gasteiger partial charge is 0.256 e. The van der Waals surface area contributed by atoms with Gasteiger partial charge in [0.05, 0.1) is 28.5 Å². The van der Waals surface area contributed by atoms with E-state index in [2.05, 4.69) is 25.3 Å². The van der Waals surface area contributed by atoms with Gasteiger partial charge in [-0.25, -0.2) is 19.3 Å². The fourth-order valence-electron chi connectivity index (χ4n) is 4.07. The number of imidazole rings is 1. The average molecular weight is 446 g/mol. The highest BCUT2D eigenvalue weighted by Crippen LogP contribution is 2.28. The monoisotopic (exact) mass is 445 g/mol. The number of halogens is 1. The van der Waals surface area contributed by atoms with Gasteiger partial charge < -0.3 is 20.9 Å². The lowest BCUT2D eigenvalue weighted by molar-refractivity contribution is 0.0761. The number of amides is 1. The lowest BCUT2D eigenvalue weighted by Gasteiger charge is -2.20. The number of nitrogens with zero attached hydrogens (tertiary/aromatic N) is 4. The van der Waals surface area contributed by atoms with E-state index in [0.717, 1.165) is 29.6 Å². The molecule has 5 rings (SSSR count). The molecule has 0 aliphatic carbocycles. The molecule has 168 valence electrons. The van der Waals surface area contributed by atoms with E-state index in [1.54, 1.807) is 11.0 Å². The largest absolute Gasteiger partial charge is 0.382 e. The van der Waals surface area contributed by atoms with Crippen LogP contribution < -0.4 is 11.1 Å². The number of aromatic amines is 1. The van der Waals surface area contributed by atoms with Crippen LogP contribution >= 0.6 is 0 Å². The number of anilines is 1. The summed E-state index contributed by atoms with van der Waals surface area (Å²) in [5, 5.41) is 3.24. The molecule has 4 aromatic rings. The number of aryl methyl sites for hydroxylation is 1. The molecule has 0 spiro atoms. The van der Waals surface area contributed by atoms with Crippen molar-refractivity contribution in [2.24, 2.45) is 0 Å². The van der Waals surface area contributed by atoms with Crippen molar-refractivity contribution in [2.75, 3.05) is 31.9 Å². The molecule has 8 nitrogen and oxygen atoms in total. The zero-order chi connectivity index (χ0) is 22.9. The quantitative estimate of drug-likeness (QED) is 0.447. The first-order chi connectivity index (χ1) is 16.0. The van der Waals surface area contributed by atoms with Gasteiger partial charge in [0.2, 0.25) is 0 Å². The van der Waals surface area contributed by atoms with E-state index >= 15 is 0 Å². The van der Waals surface area contributed by atoms with Crippen molar-refractivity contribution < 1.29 is 9.18 Å². The van der Waals surface area contributed by atoms with Gasteiger partial charge in [-0.1, -0.05) is 18.2 Å². The molecular weight excluding hydrogens is 421 g/mol. The maximum Gasteiger partial charge on any atom is 0.256 e. The molecule has 1 aliphatic heterocycles. The van der Waals surface area contributed by atoms with E-state index in [1.807, 2.05) is 25.1 Å². The number of nitrogens with one attached hydrogen (secondary N) is 2. The third-order valence-corrected chi connectivity index (χ3v) is 5.86. The van der Waals surface area contributed by atoms with Gasteiger partial charge in [0.15, 0.2) is 11.6 Å². The molecule has 2 aromatic carbocycles. The van der Waals surface area contributed by atoms with Crippen LogP contribution in [0.5, 0.6) is 0 Å². The molecule has 9 heteroatoms. The van der Waals surface area contributed by atoms with E-state index in [-0.39, 0.29) is 17.3 Å². The Morgan fingerprint density at radius 1 is 1.15 bits per heavy atom. The molecule has 1 saturated heterocycles. The van der Waals surface area contributed by atoms with Gasteiger partial charge >= 0.3 is 0 Å². The molecule has 2 aromatic heterocycles. The summed E-state index contributed by atoms with van der Waals surface area (Å²) in [4.78, 5) is 31.2. The van der Waals surface area contributed by atoms with Crippen LogP contribution in [-0.2, 0) is 0 Å². The summed E-state index contributed by atoms with van der Waals surface area (Å²) >= 11 is 0.